The highest BCUT2D eigenvalue weighted by atomic mass is 16.5. The summed E-state index contributed by atoms with van der Waals surface area (Å²) in [6, 6.07) is 8.20. The Balaban J connectivity index is 2.53. The summed E-state index contributed by atoms with van der Waals surface area (Å²) >= 11 is 0. The molecule has 0 bridgehead atoms. The molecule has 0 aliphatic heterocycles. The molecular formula is C13H18N2O. The Labute approximate surface area is 95.8 Å². The molecule has 1 heterocycles. The van der Waals surface area contributed by atoms with E-state index in [4.69, 9.17) is 10.5 Å². The van der Waals surface area contributed by atoms with E-state index >= 15 is 0 Å². The molecule has 0 atom stereocenters. The summed E-state index contributed by atoms with van der Waals surface area (Å²) in [5.41, 5.74) is 6.98. The van der Waals surface area contributed by atoms with Gasteiger partial charge in [-0.25, -0.2) is 0 Å². The van der Waals surface area contributed by atoms with Crippen molar-refractivity contribution in [2.75, 3.05) is 7.11 Å². The van der Waals surface area contributed by atoms with Crippen molar-refractivity contribution in [1.29, 1.82) is 0 Å². The van der Waals surface area contributed by atoms with E-state index in [1.54, 1.807) is 7.11 Å². The molecule has 0 saturated carbocycles. The van der Waals surface area contributed by atoms with E-state index in [0.717, 1.165) is 23.2 Å². The minimum atomic E-state index is -0.229. The van der Waals surface area contributed by atoms with Crippen molar-refractivity contribution in [3.8, 4) is 5.75 Å². The number of rotatable bonds is 3. The van der Waals surface area contributed by atoms with Gasteiger partial charge in [0.1, 0.15) is 5.75 Å². The molecule has 0 aliphatic carbocycles. The highest BCUT2D eigenvalue weighted by Gasteiger charge is 2.15. The zero-order chi connectivity index (χ0) is 11.8. The normalized spacial score (nSPS) is 12.0. The van der Waals surface area contributed by atoms with Crippen LogP contribution in [0.5, 0.6) is 5.75 Å². The van der Waals surface area contributed by atoms with Crippen molar-refractivity contribution in [2.24, 2.45) is 5.73 Å². The average Bonchev–Trinajstić information content (AvgIpc) is 2.55. The number of methoxy groups -OCH3 is 1. The first-order valence-corrected chi connectivity index (χ1v) is 5.42. The molecular weight excluding hydrogens is 200 g/mol. The maximum absolute atomic E-state index is 6.05. The van der Waals surface area contributed by atoms with Gasteiger partial charge in [0, 0.05) is 23.7 Å². The number of aromatic nitrogens is 1. The van der Waals surface area contributed by atoms with Gasteiger partial charge >= 0.3 is 0 Å². The van der Waals surface area contributed by atoms with E-state index in [9.17, 15) is 0 Å². The fourth-order valence-electron chi connectivity index (χ4n) is 1.95. The van der Waals surface area contributed by atoms with Gasteiger partial charge in [-0.05, 0) is 26.0 Å². The summed E-state index contributed by atoms with van der Waals surface area (Å²) in [7, 11) is 1.69. The number of nitrogens with two attached hydrogens (primary N) is 1. The standard InChI is InChI=1S/C13H18N2O/c1-13(2,14)9-15-8-12(16-3)10-6-4-5-7-11(10)15/h4-8H,9,14H2,1-3H3. The second kappa shape index (κ2) is 3.83. The molecule has 2 rings (SSSR count). The van der Waals surface area contributed by atoms with E-state index in [-0.39, 0.29) is 5.54 Å². The topological polar surface area (TPSA) is 40.2 Å². The molecule has 0 unspecified atom stereocenters. The number of fused-ring (bicyclic) bond motifs is 1. The minimum absolute atomic E-state index is 0.229. The summed E-state index contributed by atoms with van der Waals surface area (Å²) in [5, 5.41) is 1.13. The van der Waals surface area contributed by atoms with Crippen LogP contribution in [0.4, 0.5) is 0 Å². The molecule has 2 N–H and O–H groups in total. The molecule has 2 aromatic rings. The average molecular weight is 218 g/mol. The Hall–Kier alpha value is -1.48. The molecule has 86 valence electrons. The summed E-state index contributed by atoms with van der Waals surface area (Å²) in [6.07, 6.45) is 2.01. The van der Waals surface area contributed by atoms with Gasteiger partial charge in [0.25, 0.3) is 0 Å². The molecule has 0 radical (unpaired) electrons. The monoisotopic (exact) mass is 218 g/mol. The molecule has 0 amide bonds. The van der Waals surface area contributed by atoms with E-state index in [1.807, 2.05) is 32.2 Å². The lowest BCUT2D eigenvalue weighted by atomic mass is 10.1. The van der Waals surface area contributed by atoms with Gasteiger partial charge in [-0.15, -0.1) is 0 Å². The van der Waals surface area contributed by atoms with Crippen molar-refractivity contribution in [1.82, 2.24) is 4.57 Å². The van der Waals surface area contributed by atoms with Crippen molar-refractivity contribution in [2.45, 2.75) is 25.9 Å². The first kappa shape index (κ1) is 11.0. The van der Waals surface area contributed by atoms with Crippen LogP contribution in [0.15, 0.2) is 30.5 Å². The van der Waals surface area contributed by atoms with Gasteiger partial charge in [0.15, 0.2) is 0 Å². The number of ether oxygens (including phenoxy) is 1. The summed E-state index contributed by atoms with van der Waals surface area (Å²) in [6.45, 7) is 4.82. The summed E-state index contributed by atoms with van der Waals surface area (Å²) in [5.74, 6) is 0.903. The van der Waals surface area contributed by atoms with Crippen molar-refractivity contribution < 1.29 is 4.74 Å². The predicted octanol–water partition coefficient (Wildman–Crippen LogP) is 2.39. The minimum Gasteiger partial charge on any atom is -0.495 e. The van der Waals surface area contributed by atoms with Crippen LogP contribution < -0.4 is 10.5 Å². The van der Waals surface area contributed by atoms with Gasteiger partial charge in [-0.3, -0.25) is 0 Å². The largest absolute Gasteiger partial charge is 0.495 e. The zero-order valence-electron chi connectivity index (χ0n) is 10.0. The fraction of sp³-hybridized carbons (Fsp3) is 0.385. The van der Waals surface area contributed by atoms with Crippen LogP contribution in [-0.2, 0) is 6.54 Å². The molecule has 1 aromatic carbocycles. The van der Waals surface area contributed by atoms with E-state index in [1.165, 1.54) is 0 Å². The number of hydrogen-bond acceptors (Lipinski definition) is 2. The number of hydrogen-bond donors (Lipinski definition) is 1. The van der Waals surface area contributed by atoms with E-state index in [2.05, 4.69) is 16.7 Å². The molecule has 1 aromatic heterocycles. The second-order valence-corrected chi connectivity index (χ2v) is 4.83. The molecule has 16 heavy (non-hydrogen) atoms. The van der Waals surface area contributed by atoms with Crippen molar-refractivity contribution in [3.05, 3.63) is 30.5 Å². The third kappa shape index (κ3) is 2.04. The maximum atomic E-state index is 6.05. The first-order chi connectivity index (χ1) is 7.51. The van der Waals surface area contributed by atoms with Gasteiger partial charge in [-0.1, -0.05) is 12.1 Å². The molecule has 0 spiro atoms. The first-order valence-electron chi connectivity index (χ1n) is 5.42. The fourth-order valence-corrected chi connectivity index (χ4v) is 1.95. The third-order valence-electron chi connectivity index (χ3n) is 2.55. The van der Waals surface area contributed by atoms with Crippen molar-refractivity contribution >= 4 is 10.9 Å². The maximum Gasteiger partial charge on any atom is 0.144 e. The Morgan fingerprint density at radius 3 is 2.62 bits per heavy atom. The van der Waals surface area contributed by atoms with E-state index < -0.39 is 0 Å². The predicted molar refractivity (Wildman–Crippen MR) is 66.8 cm³/mol. The highest BCUT2D eigenvalue weighted by molar-refractivity contribution is 5.86. The Kier molecular flexibility index (Phi) is 2.64. The number of benzene rings is 1. The van der Waals surface area contributed by atoms with E-state index in [0.29, 0.717) is 0 Å². The Morgan fingerprint density at radius 2 is 2.00 bits per heavy atom. The smallest absolute Gasteiger partial charge is 0.144 e. The van der Waals surface area contributed by atoms with Gasteiger partial charge in [-0.2, -0.15) is 0 Å². The highest BCUT2D eigenvalue weighted by Crippen LogP contribution is 2.28. The summed E-state index contributed by atoms with van der Waals surface area (Å²) < 4.78 is 7.51. The molecule has 3 nitrogen and oxygen atoms in total. The zero-order valence-corrected chi connectivity index (χ0v) is 10.0. The molecule has 0 aliphatic rings. The van der Waals surface area contributed by atoms with Crippen molar-refractivity contribution in [3.63, 3.8) is 0 Å². The van der Waals surface area contributed by atoms with Crippen LogP contribution in [0.1, 0.15) is 13.8 Å². The quantitative estimate of drug-likeness (QED) is 0.859. The van der Waals surface area contributed by atoms with Crippen LogP contribution in [0.25, 0.3) is 10.9 Å². The molecule has 3 heteroatoms. The SMILES string of the molecule is COc1cn(CC(C)(C)N)c2ccccc12. The second-order valence-electron chi connectivity index (χ2n) is 4.83. The lowest BCUT2D eigenvalue weighted by Gasteiger charge is -2.19. The van der Waals surface area contributed by atoms with Crippen LogP contribution in [0, 0.1) is 0 Å². The number of para-hydroxylation sites is 1. The Bertz CT molecular complexity index is 494. The van der Waals surface area contributed by atoms with Crippen LogP contribution in [0.3, 0.4) is 0 Å². The van der Waals surface area contributed by atoms with Gasteiger partial charge in [0.05, 0.1) is 12.6 Å². The van der Waals surface area contributed by atoms with Crippen LogP contribution >= 0.6 is 0 Å². The lowest BCUT2D eigenvalue weighted by molar-refractivity contribution is 0.409. The lowest BCUT2D eigenvalue weighted by Crippen LogP contribution is -2.36. The van der Waals surface area contributed by atoms with Crippen LogP contribution in [-0.4, -0.2) is 17.2 Å². The van der Waals surface area contributed by atoms with Crippen LogP contribution in [0.2, 0.25) is 0 Å². The molecule has 0 fully saturated rings. The summed E-state index contributed by atoms with van der Waals surface area (Å²) in [4.78, 5) is 0. The Morgan fingerprint density at radius 1 is 1.31 bits per heavy atom. The van der Waals surface area contributed by atoms with Gasteiger partial charge in [0.2, 0.25) is 0 Å². The third-order valence-corrected chi connectivity index (χ3v) is 2.55. The van der Waals surface area contributed by atoms with Gasteiger partial charge < -0.3 is 15.0 Å². The number of nitrogens with zero attached hydrogens (tertiary/aromatic N) is 1. The molecule has 0 saturated heterocycles.